The van der Waals surface area contributed by atoms with Crippen molar-refractivity contribution < 1.29 is 0 Å². The highest BCUT2D eigenvalue weighted by Crippen LogP contribution is 2.12. The van der Waals surface area contributed by atoms with Crippen molar-refractivity contribution in [3.8, 4) is 0 Å². The molecule has 0 saturated carbocycles. The van der Waals surface area contributed by atoms with Gasteiger partial charge in [0, 0.05) is 0 Å². The summed E-state index contributed by atoms with van der Waals surface area (Å²) in [5, 5.41) is 3.20. The third-order valence-electron chi connectivity index (χ3n) is 0.830. The van der Waals surface area contributed by atoms with Gasteiger partial charge in [0.2, 0.25) is 0 Å². The van der Waals surface area contributed by atoms with E-state index in [9.17, 15) is 0 Å². The molecule has 1 rings (SSSR count). The quantitative estimate of drug-likeness (QED) is 0.459. The Kier molecular flexibility index (Phi) is 2.47. The van der Waals surface area contributed by atoms with Gasteiger partial charge in [-0.15, -0.1) is 11.3 Å². The average Bonchev–Trinajstić information content (AvgIpc) is 2.34. The standard InChI is InChI=1S/C5H7N3S2/c6-5(9)8-7-4-2-1-3-10-4/h1-3,7H,(H3,6,8,9). The summed E-state index contributed by atoms with van der Waals surface area (Å²) in [7, 11) is 0. The first-order valence-corrected chi connectivity index (χ1v) is 3.93. The van der Waals surface area contributed by atoms with E-state index in [1.807, 2.05) is 17.5 Å². The first-order valence-electron chi connectivity index (χ1n) is 2.64. The van der Waals surface area contributed by atoms with Gasteiger partial charge in [0.25, 0.3) is 0 Å². The zero-order chi connectivity index (χ0) is 7.40. The van der Waals surface area contributed by atoms with E-state index in [-0.39, 0.29) is 5.11 Å². The molecule has 3 nitrogen and oxygen atoms in total. The number of hydrogen-bond acceptors (Lipinski definition) is 3. The fourth-order valence-corrected chi connectivity index (χ4v) is 1.09. The van der Waals surface area contributed by atoms with Gasteiger partial charge < -0.3 is 5.73 Å². The molecule has 1 aromatic heterocycles. The summed E-state index contributed by atoms with van der Waals surface area (Å²) in [5.74, 6) is 0. The second-order valence-corrected chi connectivity index (χ2v) is 2.98. The zero-order valence-electron chi connectivity index (χ0n) is 5.13. The van der Waals surface area contributed by atoms with Crippen LogP contribution in [0.15, 0.2) is 17.5 Å². The van der Waals surface area contributed by atoms with E-state index in [0.717, 1.165) is 5.00 Å². The fraction of sp³-hybridized carbons (Fsp3) is 0. The Morgan fingerprint density at radius 3 is 3.00 bits per heavy atom. The molecule has 0 bridgehead atoms. The molecule has 1 aromatic rings. The number of thiocarbonyl (C=S) groups is 1. The third kappa shape index (κ3) is 2.20. The van der Waals surface area contributed by atoms with Crippen molar-refractivity contribution in [2.24, 2.45) is 5.73 Å². The lowest BCUT2D eigenvalue weighted by molar-refractivity contribution is 1.14. The van der Waals surface area contributed by atoms with Gasteiger partial charge in [0.05, 0.1) is 0 Å². The number of rotatable bonds is 2. The molecule has 0 saturated heterocycles. The fourth-order valence-electron chi connectivity index (χ4n) is 0.473. The van der Waals surface area contributed by atoms with Crippen LogP contribution < -0.4 is 16.6 Å². The minimum Gasteiger partial charge on any atom is -0.375 e. The Bertz CT molecular complexity index is 207. The van der Waals surface area contributed by atoms with Gasteiger partial charge in [-0.25, -0.2) is 0 Å². The van der Waals surface area contributed by atoms with Gasteiger partial charge in [-0.1, -0.05) is 0 Å². The first kappa shape index (κ1) is 7.30. The van der Waals surface area contributed by atoms with Gasteiger partial charge in [-0.2, -0.15) is 0 Å². The van der Waals surface area contributed by atoms with Crippen molar-refractivity contribution in [2.75, 3.05) is 5.43 Å². The van der Waals surface area contributed by atoms with E-state index in [1.54, 1.807) is 11.3 Å². The lowest BCUT2D eigenvalue weighted by Gasteiger charge is -2.02. The number of thiophene rings is 1. The summed E-state index contributed by atoms with van der Waals surface area (Å²) >= 11 is 6.15. The minimum atomic E-state index is 0.244. The molecule has 5 heteroatoms. The lowest BCUT2D eigenvalue weighted by atomic mass is 10.6. The smallest absolute Gasteiger partial charge is 0.182 e. The molecule has 0 fully saturated rings. The first-order chi connectivity index (χ1) is 4.79. The SMILES string of the molecule is NC(=S)NNc1cccs1. The van der Waals surface area contributed by atoms with Gasteiger partial charge >= 0.3 is 0 Å². The summed E-state index contributed by atoms with van der Waals surface area (Å²) in [4.78, 5) is 0. The summed E-state index contributed by atoms with van der Waals surface area (Å²) in [6.45, 7) is 0. The van der Waals surface area contributed by atoms with Crippen molar-refractivity contribution in [3.63, 3.8) is 0 Å². The molecular formula is C5H7N3S2. The van der Waals surface area contributed by atoms with Gasteiger partial charge in [-0.3, -0.25) is 10.9 Å². The number of anilines is 1. The molecule has 0 aliphatic carbocycles. The van der Waals surface area contributed by atoms with E-state index in [4.69, 9.17) is 5.73 Å². The Morgan fingerprint density at radius 2 is 2.50 bits per heavy atom. The highest BCUT2D eigenvalue weighted by atomic mass is 32.1. The van der Waals surface area contributed by atoms with Crippen LogP contribution >= 0.6 is 23.6 Å². The van der Waals surface area contributed by atoms with Crippen LogP contribution in [0, 0.1) is 0 Å². The molecular weight excluding hydrogens is 166 g/mol. The van der Waals surface area contributed by atoms with Crippen LogP contribution in [-0.4, -0.2) is 5.11 Å². The summed E-state index contributed by atoms with van der Waals surface area (Å²) in [5.41, 5.74) is 10.6. The van der Waals surface area contributed by atoms with Crippen molar-refractivity contribution in [1.29, 1.82) is 0 Å². The molecule has 0 aromatic carbocycles. The monoisotopic (exact) mass is 173 g/mol. The van der Waals surface area contributed by atoms with Crippen LogP contribution in [0.4, 0.5) is 5.00 Å². The molecule has 4 N–H and O–H groups in total. The average molecular weight is 173 g/mol. The maximum Gasteiger partial charge on any atom is 0.182 e. The second-order valence-electron chi connectivity index (χ2n) is 1.59. The highest BCUT2D eigenvalue weighted by Gasteiger charge is 1.88. The highest BCUT2D eigenvalue weighted by molar-refractivity contribution is 7.80. The Balaban J connectivity index is 2.35. The van der Waals surface area contributed by atoms with Crippen molar-refractivity contribution in [2.45, 2.75) is 0 Å². The van der Waals surface area contributed by atoms with Gasteiger partial charge in [0.1, 0.15) is 5.00 Å². The van der Waals surface area contributed by atoms with Gasteiger partial charge in [0.15, 0.2) is 5.11 Å². The molecule has 10 heavy (non-hydrogen) atoms. The molecule has 1 heterocycles. The summed E-state index contributed by atoms with van der Waals surface area (Å²) < 4.78 is 0. The molecule has 0 aliphatic rings. The number of hydrogen-bond donors (Lipinski definition) is 3. The second kappa shape index (κ2) is 3.38. The molecule has 54 valence electrons. The number of nitrogens with two attached hydrogens (primary N) is 1. The predicted octanol–water partition coefficient (Wildman–Crippen LogP) is 0.908. The predicted molar refractivity (Wildman–Crippen MR) is 47.9 cm³/mol. The molecule has 0 amide bonds. The molecule has 0 atom stereocenters. The molecule has 0 radical (unpaired) electrons. The normalized spacial score (nSPS) is 8.80. The third-order valence-corrected chi connectivity index (χ3v) is 1.72. The minimum absolute atomic E-state index is 0.244. The van der Waals surface area contributed by atoms with Gasteiger partial charge in [-0.05, 0) is 29.7 Å². The summed E-state index contributed by atoms with van der Waals surface area (Å²) in [6.07, 6.45) is 0. The van der Waals surface area contributed by atoms with Crippen LogP contribution in [0.5, 0.6) is 0 Å². The van der Waals surface area contributed by atoms with E-state index < -0.39 is 0 Å². The Morgan fingerprint density at radius 1 is 1.70 bits per heavy atom. The van der Waals surface area contributed by atoms with E-state index >= 15 is 0 Å². The van der Waals surface area contributed by atoms with E-state index in [1.165, 1.54) is 0 Å². The largest absolute Gasteiger partial charge is 0.375 e. The topological polar surface area (TPSA) is 50.1 Å². The lowest BCUT2D eigenvalue weighted by Crippen LogP contribution is -2.33. The summed E-state index contributed by atoms with van der Waals surface area (Å²) in [6, 6.07) is 3.87. The zero-order valence-corrected chi connectivity index (χ0v) is 6.76. The van der Waals surface area contributed by atoms with Crippen LogP contribution in [0.2, 0.25) is 0 Å². The van der Waals surface area contributed by atoms with Crippen LogP contribution in [0.3, 0.4) is 0 Å². The molecule has 0 unspecified atom stereocenters. The molecule has 0 spiro atoms. The number of hydrazine groups is 1. The maximum absolute atomic E-state index is 5.17. The maximum atomic E-state index is 5.17. The molecule has 0 aliphatic heterocycles. The van der Waals surface area contributed by atoms with Crippen LogP contribution in [-0.2, 0) is 0 Å². The van der Waals surface area contributed by atoms with Crippen molar-refractivity contribution in [3.05, 3.63) is 17.5 Å². The number of nitrogens with one attached hydrogen (secondary N) is 2. The van der Waals surface area contributed by atoms with Crippen molar-refractivity contribution >= 4 is 33.7 Å². The van der Waals surface area contributed by atoms with Crippen LogP contribution in [0.25, 0.3) is 0 Å². The van der Waals surface area contributed by atoms with Crippen LogP contribution in [0.1, 0.15) is 0 Å². The Labute approximate surface area is 68.2 Å². The van der Waals surface area contributed by atoms with Crippen molar-refractivity contribution in [1.82, 2.24) is 5.43 Å². The van der Waals surface area contributed by atoms with E-state index in [2.05, 4.69) is 23.1 Å². The Hall–Kier alpha value is -0.810. The van der Waals surface area contributed by atoms with E-state index in [0.29, 0.717) is 0 Å².